The molecule has 1 heterocycles. The standard InChI is InChI=1S/C25H35N3O5/c1-17(2)13-21(23(31)27-20(16-29)14-19-9-12-26-22(19)30)28-24(32)33-25(10-6-11-25)15-18-7-4-3-5-8-18/h3-5,7-8,16-17,19-21H,6,9-15H2,1-2H3,(H,26,30)(H,27,31)(H,28,32)/t19-,20-,21-/m0/s1. The molecule has 1 aromatic rings. The molecule has 3 amide bonds. The van der Waals surface area contributed by atoms with Gasteiger partial charge in [-0.05, 0) is 50.0 Å². The number of hydrogen-bond donors (Lipinski definition) is 3. The van der Waals surface area contributed by atoms with Crippen LogP contribution in [0, 0.1) is 11.8 Å². The van der Waals surface area contributed by atoms with E-state index in [9.17, 15) is 19.2 Å². The molecule has 3 rings (SSSR count). The third-order valence-electron chi connectivity index (χ3n) is 6.45. The van der Waals surface area contributed by atoms with E-state index in [-0.39, 0.29) is 24.2 Å². The highest BCUT2D eigenvalue weighted by Gasteiger charge is 2.41. The lowest BCUT2D eigenvalue weighted by Gasteiger charge is -2.41. The molecule has 3 N–H and O–H groups in total. The van der Waals surface area contributed by atoms with E-state index in [2.05, 4.69) is 16.0 Å². The molecule has 0 bridgehead atoms. The number of carbonyl (C=O) groups excluding carboxylic acids is 4. The van der Waals surface area contributed by atoms with Gasteiger partial charge >= 0.3 is 6.09 Å². The minimum atomic E-state index is -0.828. The zero-order chi connectivity index (χ0) is 23.8. The molecule has 1 aromatic carbocycles. The van der Waals surface area contributed by atoms with Crippen molar-refractivity contribution in [3.05, 3.63) is 35.9 Å². The van der Waals surface area contributed by atoms with Crippen LogP contribution < -0.4 is 16.0 Å². The minimum Gasteiger partial charge on any atom is -0.443 e. The fourth-order valence-corrected chi connectivity index (χ4v) is 4.53. The summed E-state index contributed by atoms with van der Waals surface area (Å²) >= 11 is 0. The quantitative estimate of drug-likeness (QED) is 0.442. The maximum absolute atomic E-state index is 12.9. The summed E-state index contributed by atoms with van der Waals surface area (Å²) in [6.45, 7) is 4.49. The Labute approximate surface area is 195 Å². The van der Waals surface area contributed by atoms with E-state index in [1.54, 1.807) is 0 Å². The van der Waals surface area contributed by atoms with Crippen molar-refractivity contribution in [2.45, 2.75) is 76.5 Å². The van der Waals surface area contributed by atoms with Crippen LogP contribution in [0.2, 0.25) is 0 Å². The van der Waals surface area contributed by atoms with E-state index in [4.69, 9.17) is 4.74 Å². The van der Waals surface area contributed by atoms with Gasteiger partial charge in [-0.3, -0.25) is 9.59 Å². The average Bonchev–Trinajstić information content (AvgIpc) is 3.15. The van der Waals surface area contributed by atoms with Gasteiger partial charge in [-0.1, -0.05) is 44.2 Å². The Morgan fingerprint density at radius 1 is 1.21 bits per heavy atom. The lowest BCUT2D eigenvalue weighted by atomic mass is 9.76. The van der Waals surface area contributed by atoms with Gasteiger partial charge in [-0.25, -0.2) is 4.79 Å². The summed E-state index contributed by atoms with van der Waals surface area (Å²) in [4.78, 5) is 49.1. The van der Waals surface area contributed by atoms with E-state index in [1.807, 2.05) is 44.2 Å². The number of rotatable bonds is 11. The normalized spacial score (nSPS) is 20.8. The van der Waals surface area contributed by atoms with Crippen molar-refractivity contribution in [2.75, 3.05) is 6.54 Å². The Bertz CT molecular complexity index is 838. The van der Waals surface area contributed by atoms with Crippen LogP contribution in [0.4, 0.5) is 4.79 Å². The predicted octanol–water partition coefficient (Wildman–Crippen LogP) is 2.50. The summed E-state index contributed by atoms with van der Waals surface area (Å²) in [6, 6.07) is 8.29. The molecule has 1 saturated heterocycles. The third kappa shape index (κ3) is 7.04. The van der Waals surface area contributed by atoms with Crippen molar-refractivity contribution in [3.63, 3.8) is 0 Å². The van der Waals surface area contributed by atoms with Crippen LogP contribution in [0.25, 0.3) is 0 Å². The molecule has 0 unspecified atom stereocenters. The van der Waals surface area contributed by atoms with Gasteiger partial charge in [0.1, 0.15) is 17.9 Å². The van der Waals surface area contributed by atoms with Gasteiger partial charge in [0, 0.05) is 18.9 Å². The summed E-state index contributed by atoms with van der Waals surface area (Å²) in [5.41, 5.74) is 0.553. The monoisotopic (exact) mass is 457 g/mol. The average molecular weight is 458 g/mol. The second-order valence-corrected chi connectivity index (χ2v) is 9.68. The second-order valence-electron chi connectivity index (χ2n) is 9.68. The highest BCUT2D eigenvalue weighted by molar-refractivity contribution is 5.88. The largest absolute Gasteiger partial charge is 0.443 e. The second kappa shape index (κ2) is 11.3. The third-order valence-corrected chi connectivity index (χ3v) is 6.45. The molecular weight excluding hydrogens is 422 g/mol. The summed E-state index contributed by atoms with van der Waals surface area (Å²) in [5.74, 6) is -0.695. The minimum absolute atomic E-state index is 0.0965. The van der Waals surface area contributed by atoms with Gasteiger partial charge < -0.3 is 25.5 Å². The number of ether oxygens (including phenoxy) is 1. The van der Waals surface area contributed by atoms with Gasteiger partial charge in [0.15, 0.2) is 0 Å². The maximum Gasteiger partial charge on any atom is 0.408 e. The first-order valence-electron chi connectivity index (χ1n) is 11.9. The van der Waals surface area contributed by atoms with Crippen molar-refractivity contribution in [1.82, 2.24) is 16.0 Å². The molecule has 2 fully saturated rings. The van der Waals surface area contributed by atoms with E-state index in [0.29, 0.717) is 32.1 Å². The molecule has 1 aliphatic carbocycles. The molecular formula is C25H35N3O5. The van der Waals surface area contributed by atoms with Crippen LogP contribution in [0.5, 0.6) is 0 Å². The van der Waals surface area contributed by atoms with E-state index in [0.717, 1.165) is 24.8 Å². The van der Waals surface area contributed by atoms with E-state index in [1.165, 1.54) is 0 Å². The molecule has 1 saturated carbocycles. The molecule has 0 aromatic heterocycles. The number of alkyl carbamates (subject to hydrolysis) is 1. The smallest absolute Gasteiger partial charge is 0.408 e. The lowest BCUT2D eigenvalue weighted by molar-refractivity contribution is -0.127. The Kier molecular flexibility index (Phi) is 8.47. The van der Waals surface area contributed by atoms with Crippen molar-refractivity contribution in [1.29, 1.82) is 0 Å². The number of hydrogen-bond acceptors (Lipinski definition) is 5. The Hall–Kier alpha value is -2.90. The molecule has 0 radical (unpaired) electrons. The van der Waals surface area contributed by atoms with Crippen molar-refractivity contribution < 1.29 is 23.9 Å². The van der Waals surface area contributed by atoms with Crippen LogP contribution in [0.1, 0.15) is 57.9 Å². The van der Waals surface area contributed by atoms with Crippen LogP contribution in [-0.2, 0) is 25.5 Å². The van der Waals surface area contributed by atoms with Crippen LogP contribution in [-0.4, -0.2) is 48.4 Å². The number of amides is 3. The number of aldehydes is 1. The topological polar surface area (TPSA) is 114 Å². The molecule has 2 aliphatic rings. The predicted molar refractivity (Wildman–Crippen MR) is 123 cm³/mol. The van der Waals surface area contributed by atoms with E-state index < -0.39 is 29.7 Å². The zero-order valence-corrected chi connectivity index (χ0v) is 19.5. The van der Waals surface area contributed by atoms with Gasteiger partial charge in [0.2, 0.25) is 11.8 Å². The number of nitrogens with one attached hydrogen (secondary N) is 3. The summed E-state index contributed by atoms with van der Waals surface area (Å²) in [6.07, 6.45) is 4.52. The van der Waals surface area contributed by atoms with Gasteiger partial charge in [-0.2, -0.15) is 0 Å². The van der Waals surface area contributed by atoms with Crippen molar-refractivity contribution >= 4 is 24.2 Å². The molecule has 3 atom stereocenters. The summed E-state index contributed by atoms with van der Waals surface area (Å²) < 4.78 is 5.84. The van der Waals surface area contributed by atoms with Crippen molar-refractivity contribution in [3.8, 4) is 0 Å². The summed E-state index contributed by atoms with van der Waals surface area (Å²) in [5, 5.41) is 8.16. The zero-order valence-electron chi connectivity index (χ0n) is 19.5. The lowest BCUT2D eigenvalue weighted by Crippen LogP contribution is -2.53. The molecule has 8 nitrogen and oxygen atoms in total. The Morgan fingerprint density at radius 3 is 2.48 bits per heavy atom. The molecule has 8 heteroatoms. The van der Waals surface area contributed by atoms with Gasteiger partial charge in [0.05, 0.1) is 6.04 Å². The molecule has 180 valence electrons. The first-order chi connectivity index (χ1) is 15.8. The van der Waals surface area contributed by atoms with Crippen molar-refractivity contribution in [2.24, 2.45) is 11.8 Å². The van der Waals surface area contributed by atoms with Gasteiger partial charge in [0.25, 0.3) is 0 Å². The first-order valence-corrected chi connectivity index (χ1v) is 11.9. The SMILES string of the molecule is CC(C)C[C@H](NC(=O)OC1(Cc2ccccc2)CCC1)C(=O)N[C@H](C=O)C[C@@H]1CCNC1=O. The molecule has 1 aliphatic heterocycles. The Balaban J connectivity index is 1.59. The number of carbonyl (C=O) groups is 4. The molecule has 0 spiro atoms. The highest BCUT2D eigenvalue weighted by atomic mass is 16.6. The molecule has 33 heavy (non-hydrogen) atoms. The van der Waals surface area contributed by atoms with E-state index >= 15 is 0 Å². The fourth-order valence-electron chi connectivity index (χ4n) is 4.53. The van der Waals surface area contributed by atoms with Gasteiger partial charge in [-0.15, -0.1) is 0 Å². The highest BCUT2D eigenvalue weighted by Crippen LogP contribution is 2.38. The summed E-state index contributed by atoms with van der Waals surface area (Å²) in [7, 11) is 0. The Morgan fingerprint density at radius 2 is 1.94 bits per heavy atom. The van der Waals surface area contributed by atoms with Crippen LogP contribution in [0.15, 0.2) is 30.3 Å². The number of benzene rings is 1. The van der Waals surface area contributed by atoms with Crippen LogP contribution >= 0.6 is 0 Å². The fraction of sp³-hybridized carbons (Fsp3) is 0.600. The maximum atomic E-state index is 12.9. The first kappa shape index (κ1) is 24.7. The van der Waals surface area contributed by atoms with Crippen LogP contribution in [0.3, 0.4) is 0 Å².